The Morgan fingerprint density at radius 3 is 2.20 bits per heavy atom. The van der Waals surface area contributed by atoms with Crippen LogP contribution >= 0.6 is 0 Å². The average Bonchev–Trinajstić information content (AvgIpc) is 3.37. The van der Waals surface area contributed by atoms with Gasteiger partial charge in [0.05, 0.1) is 49.5 Å². The Balaban J connectivity index is 1.04. The van der Waals surface area contributed by atoms with E-state index in [1.807, 2.05) is 24.9 Å². The number of rotatable bonds is 26. The highest BCUT2D eigenvalue weighted by atomic mass is 17.8. The Morgan fingerprint density at radius 1 is 0.818 bits per heavy atom. The number of hydrogen-bond donors (Lipinski definition) is 4. The van der Waals surface area contributed by atoms with Gasteiger partial charge < -0.3 is 35.9 Å². The third-order valence-electron chi connectivity index (χ3n) is 8.61. The fraction of sp³-hybridized carbons (Fsp3) is 0.583. The summed E-state index contributed by atoms with van der Waals surface area (Å²) in [6.45, 7) is 9.26. The number of imidazole rings is 1. The van der Waals surface area contributed by atoms with Gasteiger partial charge in [0, 0.05) is 84.2 Å². The molecular formula is C36H56N8O11. The minimum absolute atomic E-state index is 0.000269. The molecule has 19 heteroatoms. The number of nitrogen functional groups attached to an aromatic ring is 1. The molecule has 306 valence electrons. The number of aromatic nitrogens is 2. The number of aryl methyl sites for hydroxylation is 2. The number of ether oxygens (including phenoxy) is 3. The van der Waals surface area contributed by atoms with Crippen LogP contribution in [0.15, 0.2) is 35.1 Å². The summed E-state index contributed by atoms with van der Waals surface area (Å²) in [5.41, 5.74) is 7.95. The number of carbonyl (C=O) groups is 2. The molecule has 55 heavy (non-hydrogen) atoms. The van der Waals surface area contributed by atoms with E-state index >= 15 is 0 Å². The first kappa shape index (κ1) is 43.3. The Labute approximate surface area is 320 Å². The minimum atomic E-state index is -0.181. The number of fused-ring (bicyclic) bond motifs is 1. The monoisotopic (exact) mass is 776 g/mol. The van der Waals surface area contributed by atoms with Crippen molar-refractivity contribution in [1.29, 1.82) is 0 Å². The Kier molecular flexibility index (Phi) is 18.4. The maximum Gasteiger partial charge on any atom is 0.328 e. The molecule has 0 spiro atoms. The molecule has 0 saturated carbocycles. The van der Waals surface area contributed by atoms with Crippen molar-refractivity contribution >= 4 is 28.5 Å². The van der Waals surface area contributed by atoms with E-state index in [0.29, 0.717) is 66.0 Å². The topological polar surface area (TPSA) is 204 Å². The first-order chi connectivity index (χ1) is 26.6. The lowest BCUT2D eigenvalue weighted by molar-refractivity contribution is -0.708. The highest BCUT2D eigenvalue weighted by molar-refractivity contribution is 5.83. The fourth-order valence-corrected chi connectivity index (χ4v) is 5.66. The van der Waals surface area contributed by atoms with Gasteiger partial charge in [0.15, 0.2) is 5.75 Å². The predicted molar refractivity (Wildman–Crippen MR) is 202 cm³/mol. The van der Waals surface area contributed by atoms with Crippen LogP contribution in [-0.4, -0.2) is 123 Å². The number of hydrogen-bond acceptors (Lipinski definition) is 15. The van der Waals surface area contributed by atoms with Crippen LogP contribution in [0.3, 0.4) is 0 Å². The van der Waals surface area contributed by atoms with E-state index in [4.69, 9.17) is 29.7 Å². The number of nitrogens with zero attached hydrogens (tertiary/aromatic N) is 4. The minimum Gasteiger partial charge on any atom is -0.493 e. The molecule has 1 aliphatic heterocycles. The maximum absolute atomic E-state index is 12.4. The average molecular weight is 777 g/mol. The molecule has 0 radical (unpaired) electrons. The third kappa shape index (κ3) is 14.9. The van der Waals surface area contributed by atoms with E-state index in [9.17, 15) is 14.4 Å². The number of anilines is 1. The van der Waals surface area contributed by atoms with Crippen LogP contribution < -0.4 is 41.6 Å². The summed E-state index contributed by atoms with van der Waals surface area (Å²) in [6, 6.07) is 8.82. The summed E-state index contributed by atoms with van der Waals surface area (Å²) < 4.78 is 21.2. The molecule has 0 bridgehead atoms. The zero-order valence-electron chi connectivity index (χ0n) is 32.3. The van der Waals surface area contributed by atoms with Crippen LogP contribution in [0.25, 0.3) is 11.0 Å². The molecule has 2 aromatic carbocycles. The number of nitrogens with one attached hydrogen (secondary N) is 3. The van der Waals surface area contributed by atoms with Crippen LogP contribution in [0.5, 0.6) is 23.0 Å². The second kappa shape index (κ2) is 23.4. The van der Waals surface area contributed by atoms with Crippen LogP contribution in [-0.2, 0) is 48.6 Å². The highest BCUT2D eigenvalue weighted by Gasteiger charge is 2.15. The first-order valence-corrected chi connectivity index (χ1v) is 18.6. The standard InChI is InChI=1S/C36H56N8O11/c1-5-17-48-27-21-28(23-29(22-27)52-33-25-32-31(24-30(33)37)42(3)36(47)43(32)4)49-18-7-6-13-41(2)26-35(46)40-12-20-51-54-55-53-50-19-8-34(45)39-11-16-44-14-9-38-10-15-44/h21-25,38H,5-20,26,37H2,1-4H3,(H,39,45)(H,40,46). The SMILES string of the molecule is CCCOc1cc(OCCCCN(C)CC(=O)NCCOOOOOCCC(=O)NCCN2CCNCC2)cc(Oc2cc3c(cc2N)n(C)c(=O)n3C)c1. The molecule has 1 fully saturated rings. The van der Waals surface area contributed by atoms with Gasteiger partial charge in [0.25, 0.3) is 0 Å². The van der Waals surface area contributed by atoms with Crippen molar-refractivity contribution < 1.29 is 48.7 Å². The molecule has 1 aromatic heterocycles. The van der Waals surface area contributed by atoms with Gasteiger partial charge >= 0.3 is 5.69 Å². The van der Waals surface area contributed by atoms with Crippen molar-refractivity contribution in [2.24, 2.45) is 14.1 Å². The van der Waals surface area contributed by atoms with Crippen LogP contribution in [0.1, 0.15) is 32.6 Å². The quantitative estimate of drug-likeness (QED) is 0.0394. The second-order valence-corrected chi connectivity index (χ2v) is 13.1. The van der Waals surface area contributed by atoms with Gasteiger partial charge in [0.2, 0.25) is 11.8 Å². The smallest absolute Gasteiger partial charge is 0.328 e. The zero-order valence-corrected chi connectivity index (χ0v) is 32.3. The van der Waals surface area contributed by atoms with Gasteiger partial charge in [-0.2, -0.15) is 0 Å². The van der Waals surface area contributed by atoms with E-state index in [1.165, 1.54) is 4.57 Å². The number of likely N-dealkylation sites (N-methyl/N-ethyl adjacent to an activating group) is 1. The van der Waals surface area contributed by atoms with Gasteiger partial charge in [-0.15, -0.1) is 0 Å². The van der Waals surface area contributed by atoms with Crippen molar-refractivity contribution in [3.63, 3.8) is 0 Å². The van der Waals surface area contributed by atoms with E-state index in [2.05, 4.69) is 36.0 Å². The summed E-state index contributed by atoms with van der Waals surface area (Å²) >= 11 is 0. The Morgan fingerprint density at radius 2 is 1.47 bits per heavy atom. The fourth-order valence-electron chi connectivity index (χ4n) is 5.66. The maximum atomic E-state index is 12.4. The van der Waals surface area contributed by atoms with Crippen LogP contribution in [0, 0.1) is 0 Å². The highest BCUT2D eigenvalue weighted by Crippen LogP contribution is 2.35. The largest absolute Gasteiger partial charge is 0.493 e. The first-order valence-electron chi connectivity index (χ1n) is 18.6. The summed E-state index contributed by atoms with van der Waals surface area (Å²) in [5, 5.41) is 21.8. The molecule has 1 saturated heterocycles. The van der Waals surface area contributed by atoms with E-state index in [1.54, 1.807) is 42.9 Å². The van der Waals surface area contributed by atoms with Crippen molar-refractivity contribution in [2.75, 3.05) is 98.1 Å². The van der Waals surface area contributed by atoms with E-state index in [0.717, 1.165) is 52.0 Å². The lowest BCUT2D eigenvalue weighted by atomic mass is 10.2. The molecular weight excluding hydrogens is 720 g/mol. The Bertz CT molecular complexity index is 1700. The van der Waals surface area contributed by atoms with Gasteiger partial charge in [-0.05, 0) is 54.0 Å². The van der Waals surface area contributed by atoms with E-state index < -0.39 is 0 Å². The number of carbonyl (C=O) groups excluding carboxylic acids is 2. The normalized spacial score (nSPS) is 13.3. The zero-order chi connectivity index (χ0) is 39.4. The Hall–Kier alpha value is -4.47. The molecule has 0 unspecified atom stereocenters. The second-order valence-electron chi connectivity index (χ2n) is 13.1. The number of unbranched alkanes of at least 4 members (excludes halogenated alkanes) is 1. The van der Waals surface area contributed by atoms with Crippen LogP contribution in [0.2, 0.25) is 0 Å². The number of benzene rings is 2. The lowest BCUT2D eigenvalue weighted by Crippen LogP contribution is -2.46. The molecule has 3 aromatic rings. The summed E-state index contributed by atoms with van der Waals surface area (Å²) in [5.74, 6) is 1.74. The van der Waals surface area contributed by atoms with Gasteiger partial charge in [-0.25, -0.2) is 14.6 Å². The van der Waals surface area contributed by atoms with Gasteiger partial charge in [-0.1, -0.05) is 6.92 Å². The summed E-state index contributed by atoms with van der Waals surface area (Å²) in [4.78, 5) is 50.2. The number of nitrogens with two attached hydrogens (primary N) is 1. The molecule has 2 heterocycles. The molecule has 19 nitrogen and oxygen atoms in total. The predicted octanol–water partition coefficient (Wildman–Crippen LogP) is 1.40. The molecule has 0 atom stereocenters. The van der Waals surface area contributed by atoms with Crippen molar-refractivity contribution in [2.45, 2.75) is 32.6 Å². The molecule has 4 rings (SSSR count). The third-order valence-corrected chi connectivity index (χ3v) is 8.61. The molecule has 1 aliphatic rings. The summed E-state index contributed by atoms with van der Waals surface area (Å²) in [7, 11) is 5.26. The number of piperazine rings is 1. The van der Waals surface area contributed by atoms with Crippen molar-refractivity contribution in [3.05, 3.63) is 40.8 Å². The molecule has 2 amide bonds. The van der Waals surface area contributed by atoms with E-state index in [-0.39, 0.29) is 50.2 Å². The number of amides is 2. The summed E-state index contributed by atoms with van der Waals surface area (Å²) in [6.07, 6.45) is 2.47. The lowest BCUT2D eigenvalue weighted by Gasteiger charge is -2.27. The van der Waals surface area contributed by atoms with Crippen molar-refractivity contribution in [3.8, 4) is 23.0 Å². The molecule has 5 N–H and O–H groups in total. The van der Waals surface area contributed by atoms with Gasteiger partial charge in [0.1, 0.15) is 23.9 Å². The van der Waals surface area contributed by atoms with Crippen molar-refractivity contribution in [1.82, 2.24) is 34.9 Å². The van der Waals surface area contributed by atoms with Gasteiger partial charge in [-0.3, -0.25) is 28.5 Å². The van der Waals surface area contributed by atoms with Crippen LogP contribution in [0.4, 0.5) is 5.69 Å². The molecule has 0 aliphatic carbocycles.